The number of halogens is 3. The molecule has 1 amide bonds. The third-order valence-corrected chi connectivity index (χ3v) is 5.69. The molecule has 3 heterocycles. The molecular weight excluding hydrogens is 427 g/mol. The molecule has 0 spiro atoms. The van der Waals surface area contributed by atoms with E-state index in [-0.39, 0.29) is 18.2 Å². The smallest absolute Gasteiger partial charge is 0.412 e. The highest BCUT2D eigenvalue weighted by atomic mass is 32.1. The van der Waals surface area contributed by atoms with Crippen LogP contribution in [0.15, 0.2) is 65.6 Å². The van der Waals surface area contributed by atoms with E-state index in [9.17, 15) is 18.0 Å². The largest absolute Gasteiger partial charge is 0.484 e. The maximum atomic E-state index is 13.6. The van der Waals surface area contributed by atoms with Crippen LogP contribution in [0.5, 0.6) is 5.75 Å². The Hall–Kier alpha value is -2.91. The zero-order chi connectivity index (χ0) is 21.8. The Morgan fingerprint density at radius 3 is 2.81 bits per heavy atom. The number of benzene rings is 1. The first-order valence-electron chi connectivity index (χ1n) is 9.65. The molecule has 0 aliphatic carbocycles. The zero-order valence-electron chi connectivity index (χ0n) is 16.4. The number of hydrogen-bond donors (Lipinski definition) is 1. The molecule has 3 aromatic rings. The number of nitrogens with zero attached hydrogens (tertiary/aromatic N) is 2. The number of ether oxygens (including phenoxy) is 1. The SMILES string of the molecule is O=C(CN1Cc2ccccc2OC(c2ccsc2)C1)NC(c1cccnc1)C(F)(F)F. The number of thiophene rings is 1. The van der Waals surface area contributed by atoms with Gasteiger partial charge in [0.05, 0.1) is 6.54 Å². The van der Waals surface area contributed by atoms with E-state index < -0.39 is 18.1 Å². The number of alkyl halides is 3. The second-order valence-corrected chi connectivity index (χ2v) is 8.05. The number of nitrogens with one attached hydrogen (secondary N) is 1. The van der Waals surface area contributed by atoms with Crippen molar-refractivity contribution in [3.63, 3.8) is 0 Å². The van der Waals surface area contributed by atoms with Crippen molar-refractivity contribution in [2.45, 2.75) is 24.9 Å². The molecule has 2 aromatic heterocycles. The molecule has 2 atom stereocenters. The Morgan fingerprint density at radius 1 is 1.26 bits per heavy atom. The number of rotatable bonds is 5. The van der Waals surface area contributed by atoms with Gasteiger partial charge in [-0.15, -0.1) is 0 Å². The van der Waals surface area contributed by atoms with Gasteiger partial charge in [-0.25, -0.2) is 0 Å². The van der Waals surface area contributed by atoms with Gasteiger partial charge in [-0.05, 0) is 29.0 Å². The van der Waals surface area contributed by atoms with E-state index in [1.807, 2.05) is 41.1 Å². The fraction of sp³-hybridized carbons (Fsp3) is 0.273. The van der Waals surface area contributed by atoms with Gasteiger partial charge in [0.15, 0.2) is 6.04 Å². The number of carbonyl (C=O) groups excluding carboxylic acids is 1. The van der Waals surface area contributed by atoms with Crippen molar-refractivity contribution in [2.24, 2.45) is 0 Å². The number of pyridine rings is 1. The Morgan fingerprint density at radius 2 is 2.10 bits per heavy atom. The van der Waals surface area contributed by atoms with Gasteiger partial charge in [0.1, 0.15) is 11.9 Å². The molecule has 1 aliphatic heterocycles. The van der Waals surface area contributed by atoms with E-state index in [2.05, 4.69) is 10.3 Å². The molecule has 1 aliphatic rings. The van der Waals surface area contributed by atoms with E-state index in [1.165, 1.54) is 29.7 Å². The number of carbonyl (C=O) groups is 1. The Bertz CT molecular complexity index is 1010. The summed E-state index contributed by atoms with van der Waals surface area (Å²) in [6.07, 6.45) is -2.45. The summed E-state index contributed by atoms with van der Waals surface area (Å²) in [5.74, 6) is -0.000219. The van der Waals surface area contributed by atoms with Crippen LogP contribution in [0.25, 0.3) is 0 Å². The molecule has 1 aromatic carbocycles. The van der Waals surface area contributed by atoms with Crippen molar-refractivity contribution in [3.8, 4) is 5.75 Å². The van der Waals surface area contributed by atoms with Crippen molar-refractivity contribution in [1.29, 1.82) is 0 Å². The molecule has 4 rings (SSSR count). The lowest BCUT2D eigenvalue weighted by Crippen LogP contribution is -2.44. The molecule has 31 heavy (non-hydrogen) atoms. The first-order valence-corrected chi connectivity index (χ1v) is 10.6. The highest BCUT2D eigenvalue weighted by Gasteiger charge is 2.42. The van der Waals surface area contributed by atoms with Gasteiger partial charge in [0.25, 0.3) is 0 Å². The molecule has 0 bridgehead atoms. The first-order chi connectivity index (χ1) is 14.9. The minimum atomic E-state index is -4.63. The molecule has 2 unspecified atom stereocenters. The number of fused-ring (bicyclic) bond motifs is 1. The molecule has 0 radical (unpaired) electrons. The molecular formula is C22H20F3N3O2S. The topological polar surface area (TPSA) is 54.5 Å². The van der Waals surface area contributed by atoms with Gasteiger partial charge in [-0.3, -0.25) is 14.7 Å². The summed E-state index contributed by atoms with van der Waals surface area (Å²) < 4.78 is 46.9. The summed E-state index contributed by atoms with van der Waals surface area (Å²) in [5.41, 5.74) is 1.74. The van der Waals surface area contributed by atoms with Gasteiger partial charge in [0.2, 0.25) is 5.91 Å². The number of para-hydroxylation sites is 1. The quantitative estimate of drug-likeness (QED) is 0.626. The minimum Gasteiger partial charge on any atom is -0.484 e. The van der Waals surface area contributed by atoms with Gasteiger partial charge in [-0.1, -0.05) is 24.3 Å². The summed E-state index contributed by atoms with van der Waals surface area (Å²) in [4.78, 5) is 18.2. The van der Waals surface area contributed by atoms with Crippen molar-refractivity contribution < 1.29 is 22.7 Å². The molecule has 5 nitrogen and oxygen atoms in total. The van der Waals surface area contributed by atoms with Crippen molar-refractivity contribution in [1.82, 2.24) is 15.2 Å². The van der Waals surface area contributed by atoms with Crippen molar-refractivity contribution >= 4 is 17.2 Å². The summed E-state index contributed by atoms with van der Waals surface area (Å²) in [5, 5.41) is 6.04. The van der Waals surface area contributed by atoms with Crippen LogP contribution in [-0.2, 0) is 11.3 Å². The summed E-state index contributed by atoms with van der Waals surface area (Å²) in [6, 6.07) is 10.0. The highest BCUT2D eigenvalue weighted by Crippen LogP contribution is 2.33. The van der Waals surface area contributed by atoms with Gasteiger partial charge in [0, 0.05) is 42.2 Å². The third kappa shape index (κ3) is 5.23. The van der Waals surface area contributed by atoms with Gasteiger partial charge >= 0.3 is 6.18 Å². The molecule has 0 fully saturated rings. The summed E-state index contributed by atoms with van der Waals surface area (Å²) >= 11 is 1.54. The molecule has 1 N–H and O–H groups in total. The number of aromatic nitrogens is 1. The predicted octanol–water partition coefficient (Wildman–Crippen LogP) is 4.50. The van der Waals surface area contributed by atoms with Crippen LogP contribution in [0.2, 0.25) is 0 Å². The number of amides is 1. The fourth-order valence-electron chi connectivity index (χ4n) is 3.54. The third-order valence-electron chi connectivity index (χ3n) is 4.99. The molecule has 0 saturated carbocycles. The lowest BCUT2D eigenvalue weighted by Gasteiger charge is -2.26. The molecule has 0 saturated heterocycles. The zero-order valence-corrected chi connectivity index (χ0v) is 17.2. The van der Waals surface area contributed by atoms with E-state index in [1.54, 1.807) is 4.90 Å². The summed E-state index contributed by atoms with van der Waals surface area (Å²) in [7, 11) is 0. The van der Waals surface area contributed by atoms with E-state index >= 15 is 0 Å². The molecule has 162 valence electrons. The van der Waals surface area contributed by atoms with Crippen molar-refractivity contribution in [2.75, 3.05) is 13.1 Å². The standard InChI is InChI=1S/C22H20F3N3O2S/c23-22(24,25)21(15-5-3-8-26-10-15)27-20(29)13-28-11-16-4-1-2-6-18(16)30-19(12-28)17-7-9-31-14-17/h1-10,14,19,21H,11-13H2,(H,27,29). The summed E-state index contributed by atoms with van der Waals surface area (Å²) in [6.45, 7) is 0.585. The van der Waals surface area contributed by atoms with Crippen LogP contribution >= 0.6 is 11.3 Å². The lowest BCUT2D eigenvalue weighted by molar-refractivity contribution is -0.163. The van der Waals surface area contributed by atoms with E-state index in [0.717, 1.165) is 17.3 Å². The van der Waals surface area contributed by atoms with Crippen LogP contribution in [0, 0.1) is 0 Å². The predicted molar refractivity (Wildman–Crippen MR) is 111 cm³/mol. The Kier molecular flexibility index (Phi) is 6.24. The maximum absolute atomic E-state index is 13.6. The van der Waals surface area contributed by atoms with E-state index in [0.29, 0.717) is 18.8 Å². The number of hydrogen-bond acceptors (Lipinski definition) is 5. The Balaban J connectivity index is 1.52. The second kappa shape index (κ2) is 9.07. The average molecular weight is 447 g/mol. The lowest BCUT2D eigenvalue weighted by atomic mass is 10.1. The highest BCUT2D eigenvalue weighted by molar-refractivity contribution is 7.07. The fourth-order valence-corrected chi connectivity index (χ4v) is 4.24. The van der Waals surface area contributed by atoms with Gasteiger partial charge < -0.3 is 10.1 Å². The van der Waals surface area contributed by atoms with Crippen LogP contribution in [0.4, 0.5) is 13.2 Å². The van der Waals surface area contributed by atoms with E-state index in [4.69, 9.17) is 4.74 Å². The normalized spacial score (nSPS) is 17.8. The second-order valence-electron chi connectivity index (χ2n) is 7.27. The average Bonchev–Trinajstić information content (AvgIpc) is 3.21. The van der Waals surface area contributed by atoms with Crippen molar-refractivity contribution in [3.05, 3.63) is 82.3 Å². The van der Waals surface area contributed by atoms with Gasteiger partial charge in [-0.2, -0.15) is 24.5 Å². The maximum Gasteiger partial charge on any atom is 0.412 e. The van der Waals surface area contributed by atoms with Crippen LogP contribution in [0.3, 0.4) is 0 Å². The minimum absolute atomic E-state index is 0.107. The monoisotopic (exact) mass is 447 g/mol. The van der Waals surface area contributed by atoms with Crippen LogP contribution in [-0.4, -0.2) is 35.1 Å². The molecule has 9 heteroatoms. The van der Waals surface area contributed by atoms with Crippen LogP contribution < -0.4 is 10.1 Å². The Labute approximate surface area is 181 Å². The van der Waals surface area contributed by atoms with Crippen LogP contribution in [0.1, 0.15) is 28.8 Å². The first kappa shape index (κ1) is 21.3.